The van der Waals surface area contributed by atoms with Gasteiger partial charge in [-0.25, -0.2) is 4.79 Å². The topological polar surface area (TPSA) is 46.5 Å². The lowest BCUT2D eigenvalue weighted by atomic mass is 10.1. The van der Waals surface area contributed by atoms with Gasteiger partial charge in [-0.3, -0.25) is 0 Å². The van der Waals surface area contributed by atoms with Crippen LogP contribution in [0.2, 0.25) is 5.02 Å². The summed E-state index contributed by atoms with van der Waals surface area (Å²) in [5, 5.41) is 10.2. The lowest BCUT2D eigenvalue weighted by Gasteiger charge is -2.12. The summed E-state index contributed by atoms with van der Waals surface area (Å²) in [4.78, 5) is 11.7. The maximum atomic E-state index is 11.7. The molecule has 0 aliphatic carbocycles. The molecule has 1 unspecified atom stereocenters. The first kappa shape index (κ1) is 13.6. The number of hydrogen-bond acceptors (Lipinski definition) is 3. The van der Waals surface area contributed by atoms with E-state index in [9.17, 15) is 9.90 Å². The fourth-order valence-electron chi connectivity index (χ4n) is 1.63. The van der Waals surface area contributed by atoms with Crippen LogP contribution in [-0.2, 0) is 16.1 Å². The second-order valence-electron chi connectivity index (χ2n) is 4.02. The Balaban J connectivity index is 1.99. The van der Waals surface area contributed by atoms with E-state index in [1.807, 2.05) is 30.3 Å². The molecule has 0 spiro atoms. The van der Waals surface area contributed by atoms with Crippen LogP contribution in [0.4, 0.5) is 0 Å². The molecular formula is C15H13ClO3. The predicted octanol–water partition coefficient (Wildman–Crippen LogP) is 3.12. The van der Waals surface area contributed by atoms with E-state index in [1.54, 1.807) is 24.3 Å². The van der Waals surface area contributed by atoms with E-state index < -0.39 is 12.1 Å². The van der Waals surface area contributed by atoms with Crippen LogP contribution in [0, 0.1) is 0 Å². The fourth-order valence-corrected chi connectivity index (χ4v) is 1.87. The van der Waals surface area contributed by atoms with Crippen LogP contribution in [0.1, 0.15) is 17.2 Å². The molecule has 1 atom stereocenters. The van der Waals surface area contributed by atoms with Crippen molar-refractivity contribution < 1.29 is 14.6 Å². The van der Waals surface area contributed by atoms with E-state index >= 15 is 0 Å². The SMILES string of the molecule is O=C(OCc1ccccc1)C(O)c1ccccc1Cl. The van der Waals surface area contributed by atoms with E-state index in [1.165, 1.54) is 0 Å². The minimum Gasteiger partial charge on any atom is -0.459 e. The lowest BCUT2D eigenvalue weighted by molar-refractivity contribution is -0.155. The van der Waals surface area contributed by atoms with E-state index in [-0.39, 0.29) is 6.61 Å². The Morgan fingerprint density at radius 1 is 1.11 bits per heavy atom. The molecule has 0 aliphatic rings. The normalized spacial score (nSPS) is 11.9. The van der Waals surface area contributed by atoms with Gasteiger partial charge in [0.25, 0.3) is 0 Å². The van der Waals surface area contributed by atoms with Gasteiger partial charge in [0.2, 0.25) is 0 Å². The van der Waals surface area contributed by atoms with E-state index in [0.29, 0.717) is 10.6 Å². The van der Waals surface area contributed by atoms with Crippen molar-refractivity contribution in [2.24, 2.45) is 0 Å². The van der Waals surface area contributed by atoms with Gasteiger partial charge in [0.1, 0.15) is 6.61 Å². The Hall–Kier alpha value is -1.84. The third-order valence-corrected chi connectivity index (χ3v) is 2.99. The zero-order chi connectivity index (χ0) is 13.7. The van der Waals surface area contributed by atoms with Gasteiger partial charge in [-0.15, -0.1) is 0 Å². The summed E-state index contributed by atoms with van der Waals surface area (Å²) in [5.41, 5.74) is 1.21. The van der Waals surface area contributed by atoms with Gasteiger partial charge in [-0.2, -0.15) is 0 Å². The van der Waals surface area contributed by atoms with Crippen LogP contribution in [0.3, 0.4) is 0 Å². The molecule has 0 saturated heterocycles. The monoisotopic (exact) mass is 276 g/mol. The molecule has 98 valence electrons. The van der Waals surface area contributed by atoms with Crippen molar-refractivity contribution in [2.45, 2.75) is 12.7 Å². The number of hydrogen-bond donors (Lipinski definition) is 1. The summed E-state index contributed by atoms with van der Waals surface area (Å²) in [6.45, 7) is 0.126. The van der Waals surface area contributed by atoms with E-state index in [0.717, 1.165) is 5.56 Å². The van der Waals surface area contributed by atoms with E-state index in [2.05, 4.69) is 0 Å². The highest BCUT2D eigenvalue weighted by atomic mass is 35.5. The number of carbonyl (C=O) groups is 1. The van der Waals surface area contributed by atoms with Crippen molar-refractivity contribution in [3.63, 3.8) is 0 Å². The lowest BCUT2D eigenvalue weighted by Crippen LogP contribution is -2.15. The molecule has 0 aliphatic heterocycles. The largest absolute Gasteiger partial charge is 0.459 e. The average molecular weight is 277 g/mol. The zero-order valence-electron chi connectivity index (χ0n) is 10.1. The highest BCUT2D eigenvalue weighted by Crippen LogP contribution is 2.23. The Labute approximate surface area is 116 Å². The first-order chi connectivity index (χ1) is 9.18. The van der Waals surface area contributed by atoms with Gasteiger partial charge in [0.05, 0.1) is 0 Å². The molecule has 2 aromatic carbocycles. The van der Waals surface area contributed by atoms with Gasteiger partial charge in [0, 0.05) is 10.6 Å². The molecule has 2 rings (SSSR count). The van der Waals surface area contributed by atoms with E-state index in [4.69, 9.17) is 16.3 Å². The Kier molecular flexibility index (Phi) is 4.55. The number of ether oxygens (including phenoxy) is 1. The summed E-state index contributed by atoms with van der Waals surface area (Å²) in [6, 6.07) is 15.9. The molecule has 3 nitrogen and oxygen atoms in total. The quantitative estimate of drug-likeness (QED) is 0.873. The standard InChI is InChI=1S/C15H13ClO3/c16-13-9-5-4-8-12(13)14(17)15(18)19-10-11-6-2-1-3-7-11/h1-9,14,17H,10H2. The number of esters is 1. The highest BCUT2D eigenvalue weighted by Gasteiger charge is 2.21. The Morgan fingerprint density at radius 3 is 2.42 bits per heavy atom. The van der Waals surface area contributed by atoms with Crippen LogP contribution < -0.4 is 0 Å². The third kappa shape index (κ3) is 3.56. The van der Waals surface area contributed by atoms with Crippen LogP contribution in [0.25, 0.3) is 0 Å². The number of carbonyl (C=O) groups excluding carboxylic acids is 1. The van der Waals surface area contributed by atoms with Crippen molar-refractivity contribution in [3.05, 3.63) is 70.7 Å². The highest BCUT2D eigenvalue weighted by molar-refractivity contribution is 6.31. The molecule has 0 radical (unpaired) electrons. The molecule has 0 fully saturated rings. The summed E-state index contributed by atoms with van der Waals surface area (Å²) in [7, 11) is 0. The second kappa shape index (κ2) is 6.36. The van der Waals surface area contributed by atoms with Crippen molar-refractivity contribution in [1.82, 2.24) is 0 Å². The van der Waals surface area contributed by atoms with Gasteiger partial charge in [-0.1, -0.05) is 60.1 Å². The molecule has 0 aromatic heterocycles. The minimum absolute atomic E-state index is 0.126. The summed E-state index contributed by atoms with van der Waals surface area (Å²) < 4.78 is 5.05. The molecule has 4 heteroatoms. The van der Waals surface area contributed by atoms with Crippen molar-refractivity contribution in [2.75, 3.05) is 0 Å². The average Bonchev–Trinajstić information content (AvgIpc) is 2.45. The molecule has 0 heterocycles. The summed E-state index contributed by atoms with van der Waals surface area (Å²) >= 11 is 5.91. The smallest absolute Gasteiger partial charge is 0.340 e. The number of rotatable bonds is 4. The molecule has 1 N–H and O–H groups in total. The fraction of sp³-hybridized carbons (Fsp3) is 0.133. The van der Waals surface area contributed by atoms with Crippen LogP contribution in [0.5, 0.6) is 0 Å². The molecule has 0 bridgehead atoms. The van der Waals surface area contributed by atoms with Gasteiger partial charge in [-0.05, 0) is 11.6 Å². The second-order valence-corrected chi connectivity index (χ2v) is 4.42. The molecule has 0 saturated carbocycles. The molecule has 2 aromatic rings. The number of aliphatic hydroxyl groups excluding tert-OH is 1. The first-order valence-corrected chi connectivity index (χ1v) is 6.19. The van der Waals surface area contributed by atoms with Crippen LogP contribution in [0.15, 0.2) is 54.6 Å². The molecular weight excluding hydrogens is 264 g/mol. The Morgan fingerprint density at radius 2 is 1.74 bits per heavy atom. The van der Waals surface area contributed by atoms with Crippen molar-refractivity contribution in [1.29, 1.82) is 0 Å². The van der Waals surface area contributed by atoms with Crippen molar-refractivity contribution in [3.8, 4) is 0 Å². The molecule has 19 heavy (non-hydrogen) atoms. The van der Waals surface area contributed by atoms with Crippen LogP contribution in [-0.4, -0.2) is 11.1 Å². The first-order valence-electron chi connectivity index (χ1n) is 5.81. The zero-order valence-corrected chi connectivity index (χ0v) is 10.9. The van der Waals surface area contributed by atoms with Crippen molar-refractivity contribution >= 4 is 17.6 Å². The van der Waals surface area contributed by atoms with Gasteiger partial charge in [0.15, 0.2) is 6.10 Å². The maximum Gasteiger partial charge on any atom is 0.340 e. The maximum absolute atomic E-state index is 11.7. The number of benzene rings is 2. The Bertz CT molecular complexity index is 554. The van der Waals surface area contributed by atoms with Gasteiger partial charge < -0.3 is 9.84 Å². The predicted molar refractivity (Wildman–Crippen MR) is 72.6 cm³/mol. The number of halogens is 1. The van der Waals surface area contributed by atoms with Gasteiger partial charge >= 0.3 is 5.97 Å². The third-order valence-electron chi connectivity index (χ3n) is 2.65. The summed E-state index contributed by atoms with van der Waals surface area (Å²) in [6.07, 6.45) is -1.36. The number of aliphatic hydroxyl groups is 1. The summed E-state index contributed by atoms with van der Waals surface area (Å²) in [5.74, 6) is -0.711. The molecule has 0 amide bonds. The van der Waals surface area contributed by atoms with Crippen LogP contribution >= 0.6 is 11.6 Å². The minimum atomic E-state index is -1.36.